The molecule has 20 heavy (non-hydrogen) atoms. The zero-order valence-electron chi connectivity index (χ0n) is 10.7. The summed E-state index contributed by atoms with van der Waals surface area (Å²) >= 11 is 1.63. The van der Waals surface area contributed by atoms with E-state index in [2.05, 4.69) is 17.1 Å². The van der Waals surface area contributed by atoms with E-state index in [0.29, 0.717) is 0 Å². The number of hydrogen-bond donors (Lipinski definition) is 1. The molecule has 0 aliphatic rings. The van der Waals surface area contributed by atoms with Crippen LogP contribution in [0.25, 0.3) is 10.2 Å². The maximum Gasteiger partial charge on any atom is 0.307 e. The second-order valence-electron chi connectivity index (χ2n) is 4.64. The highest BCUT2D eigenvalue weighted by Crippen LogP contribution is 2.25. The lowest BCUT2D eigenvalue weighted by Gasteiger charge is -1.95. The van der Waals surface area contributed by atoms with Gasteiger partial charge in [0.05, 0.1) is 21.6 Å². The number of fused-ring (bicyclic) bond motifs is 1. The van der Waals surface area contributed by atoms with E-state index in [1.54, 1.807) is 11.3 Å². The Hall–Kier alpha value is -2.20. The molecule has 3 aromatic rings. The Labute approximate surface area is 120 Å². The Bertz CT molecular complexity index is 750. The predicted molar refractivity (Wildman–Crippen MR) is 80.2 cm³/mol. The maximum atomic E-state index is 10.7. The minimum atomic E-state index is -0.807. The van der Waals surface area contributed by atoms with Crippen LogP contribution < -0.4 is 0 Å². The van der Waals surface area contributed by atoms with Gasteiger partial charge in [-0.2, -0.15) is 0 Å². The summed E-state index contributed by atoms with van der Waals surface area (Å²) in [6.45, 7) is 0. The van der Waals surface area contributed by atoms with Crippen molar-refractivity contribution >= 4 is 27.5 Å². The lowest BCUT2D eigenvalue weighted by atomic mass is 10.1. The van der Waals surface area contributed by atoms with Crippen molar-refractivity contribution < 1.29 is 9.90 Å². The van der Waals surface area contributed by atoms with Gasteiger partial charge in [0, 0.05) is 6.42 Å². The summed E-state index contributed by atoms with van der Waals surface area (Å²) in [6.07, 6.45) is 0.871. The fourth-order valence-electron chi connectivity index (χ4n) is 2.15. The van der Waals surface area contributed by atoms with Gasteiger partial charge in [0.15, 0.2) is 0 Å². The Balaban J connectivity index is 1.88. The molecule has 0 radical (unpaired) electrons. The second kappa shape index (κ2) is 5.43. The number of nitrogens with zero attached hydrogens (tertiary/aromatic N) is 1. The normalized spacial score (nSPS) is 10.8. The number of hydrogen-bond acceptors (Lipinski definition) is 3. The van der Waals surface area contributed by atoms with Crippen LogP contribution in [-0.4, -0.2) is 16.1 Å². The molecule has 0 aliphatic carbocycles. The van der Waals surface area contributed by atoms with Crippen molar-refractivity contribution in [1.82, 2.24) is 4.98 Å². The molecule has 4 heteroatoms. The zero-order chi connectivity index (χ0) is 13.9. The van der Waals surface area contributed by atoms with E-state index in [1.807, 2.05) is 36.4 Å². The van der Waals surface area contributed by atoms with E-state index in [9.17, 15) is 4.79 Å². The monoisotopic (exact) mass is 283 g/mol. The van der Waals surface area contributed by atoms with Crippen LogP contribution in [0, 0.1) is 0 Å². The molecular formula is C16H13NO2S. The van der Waals surface area contributed by atoms with Gasteiger partial charge < -0.3 is 5.11 Å². The third-order valence-electron chi connectivity index (χ3n) is 3.05. The lowest BCUT2D eigenvalue weighted by molar-refractivity contribution is -0.136. The standard InChI is InChI=1S/C16H13NO2S/c18-16(19)10-12-6-7-13-14(8-12)20-15(17-13)9-11-4-2-1-3-5-11/h1-8H,9-10H2,(H,18,19). The van der Waals surface area contributed by atoms with Crippen LogP contribution >= 0.6 is 11.3 Å². The van der Waals surface area contributed by atoms with Crippen molar-refractivity contribution in [3.8, 4) is 0 Å². The van der Waals surface area contributed by atoms with Crippen molar-refractivity contribution in [2.24, 2.45) is 0 Å². The molecule has 1 aromatic heterocycles. The Morgan fingerprint density at radius 1 is 1.10 bits per heavy atom. The first kappa shape index (κ1) is 12.8. The van der Waals surface area contributed by atoms with Gasteiger partial charge >= 0.3 is 5.97 Å². The van der Waals surface area contributed by atoms with Crippen molar-refractivity contribution in [2.45, 2.75) is 12.8 Å². The summed E-state index contributed by atoms with van der Waals surface area (Å²) in [4.78, 5) is 15.3. The number of thiazole rings is 1. The summed E-state index contributed by atoms with van der Waals surface area (Å²) in [7, 11) is 0. The molecule has 0 atom stereocenters. The average Bonchev–Trinajstić information content (AvgIpc) is 2.80. The highest BCUT2D eigenvalue weighted by atomic mass is 32.1. The molecule has 0 aliphatic heterocycles. The van der Waals surface area contributed by atoms with Crippen LogP contribution in [-0.2, 0) is 17.6 Å². The minimum Gasteiger partial charge on any atom is -0.481 e. The number of aliphatic carboxylic acids is 1. The second-order valence-corrected chi connectivity index (χ2v) is 5.76. The molecule has 3 nitrogen and oxygen atoms in total. The van der Waals surface area contributed by atoms with Crippen LogP contribution in [0.15, 0.2) is 48.5 Å². The van der Waals surface area contributed by atoms with Crippen LogP contribution in [0.3, 0.4) is 0 Å². The molecule has 1 heterocycles. The van der Waals surface area contributed by atoms with E-state index in [1.165, 1.54) is 5.56 Å². The summed E-state index contributed by atoms with van der Waals surface area (Å²) in [5, 5.41) is 9.88. The van der Waals surface area contributed by atoms with Gasteiger partial charge in [-0.05, 0) is 23.3 Å². The summed E-state index contributed by atoms with van der Waals surface area (Å²) in [5.74, 6) is -0.807. The zero-order valence-corrected chi connectivity index (χ0v) is 11.6. The molecule has 0 bridgehead atoms. The molecule has 0 saturated heterocycles. The van der Waals surface area contributed by atoms with Crippen LogP contribution in [0.1, 0.15) is 16.1 Å². The van der Waals surface area contributed by atoms with E-state index >= 15 is 0 Å². The highest BCUT2D eigenvalue weighted by molar-refractivity contribution is 7.18. The van der Waals surface area contributed by atoms with Crippen molar-refractivity contribution in [3.63, 3.8) is 0 Å². The number of aromatic nitrogens is 1. The molecule has 0 unspecified atom stereocenters. The third-order valence-corrected chi connectivity index (χ3v) is 4.07. The molecule has 0 fully saturated rings. The fourth-order valence-corrected chi connectivity index (χ4v) is 3.21. The van der Waals surface area contributed by atoms with Gasteiger partial charge in [-0.15, -0.1) is 11.3 Å². The highest BCUT2D eigenvalue weighted by Gasteiger charge is 2.07. The Morgan fingerprint density at radius 3 is 2.65 bits per heavy atom. The van der Waals surface area contributed by atoms with Crippen molar-refractivity contribution in [2.75, 3.05) is 0 Å². The van der Waals surface area contributed by atoms with Crippen LogP contribution in [0.4, 0.5) is 0 Å². The van der Waals surface area contributed by atoms with Crippen LogP contribution in [0.5, 0.6) is 0 Å². The first-order valence-electron chi connectivity index (χ1n) is 6.35. The number of benzene rings is 2. The van der Waals surface area contributed by atoms with Crippen LogP contribution in [0.2, 0.25) is 0 Å². The molecule has 0 spiro atoms. The van der Waals surface area contributed by atoms with Crippen molar-refractivity contribution in [1.29, 1.82) is 0 Å². The Kier molecular flexibility index (Phi) is 3.48. The molecule has 100 valence electrons. The van der Waals surface area contributed by atoms with Gasteiger partial charge in [0.25, 0.3) is 0 Å². The van der Waals surface area contributed by atoms with E-state index < -0.39 is 5.97 Å². The quantitative estimate of drug-likeness (QED) is 0.797. The smallest absolute Gasteiger partial charge is 0.307 e. The van der Waals surface area contributed by atoms with Gasteiger partial charge in [-0.25, -0.2) is 4.98 Å². The number of rotatable bonds is 4. The van der Waals surface area contributed by atoms with Gasteiger partial charge in [-0.1, -0.05) is 36.4 Å². The Morgan fingerprint density at radius 2 is 1.90 bits per heavy atom. The van der Waals surface area contributed by atoms with Gasteiger partial charge in [-0.3, -0.25) is 4.79 Å². The van der Waals surface area contributed by atoms with Crippen molar-refractivity contribution in [3.05, 3.63) is 64.7 Å². The average molecular weight is 283 g/mol. The lowest BCUT2D eigenvalue weighted by Crippen LogP contribution is -1.99. The van der Waals surface area contributed by atoms with E-state index in [4.69, 9.17) is 5.11 Å². The van der Waals surface area contributed by atoms with E-state index in [-0.39, 0.29) is 6.42 Å². The van der Waals surface area contributed by atoms with Gasteiger partial charge in [0.2, 0.25) is 0 Å². The third kappa shape index (κ3) is 2.86. The molecule has 0 saturated carbocycles. The topological polar surface area (TPSA) is 50.2 Å². The maximum absolute atomic E-state index is 10.7. The van der Waals surface area contributed by atoms with Gasteiger partial charge in [0.1, 0.15) is 0 Å². The minimum absolute atomic E-state index is 0.0574. The summed E-state index contributed by atoms with van der Waals surface area (Å²) < 4.78 is 1.05. The van der Waals surface area contributed by atoms with E-state index in [0.717, 1.165) is 27.2 Å². The fraction of sp³-hybridized carbons (Fsp3) is 0.125. The molecule has 0 amide bonds. The summed E-state index contributed by atoms with van der Waals surface area (Å²) in [5.41, 5.74) is 2.99. The number of carboxylic acids is 1. The first-order chi connectivity index (χ1) is 9.70. The first-order valence-corrected chi connectivity index (χ1v) is 7.16. The largest absolute Gasteiger partial charge is 0.481 e. The SMILES string of the molecule is O=C(O)Cc1ccc2nc(Cc3ccccc3)sc2c1. The number of carbonyl (C=O) groups is 1. The molecule has 3 rings (SSSR count). The molecular weight excluding hydrogens is 270 g/mol. The molecule has 1 N–H and O–H groups in total. The predicted octanol–water partition coefficient (Wildman–Crippen LogP) is 3.51. The molecule has 2 aromatic carbocycles. The summed E-state index contributed by atoms with van der Waals surface area (Å²) in [6, 6.07) is 15.9. The number of carboxylic acid groups (broad SMARTS) is 1.